The van der Waals surface area contributed by atoms with E-state index < -0.39 is 0 Å². The molecule has 0 N–H and O–H groups in total. The van der Waals surface area contributed by atoms with Gasteiger partial charge in [-0.15, -0.1) is 0 Å². The lowest BCUT2D eigenvalue weighted by Gasteiger charge is -2.21. The van der Waals surface area contributed by atoms with E-state index in [1.165, 1.54) is 7.11 Å². The summed E-state index contributed by atoms with van der Waals surface area (Å²) in [7, 11) is 1.45. The van der Waals surface area contributed by atoms with Gasteiger partial charge in [0.25, 0.3) is 0 Å². The van der Waals surface area contributed by atoms with Gasteiger partial charge in [0, 0.05) is 12.2 Å². The molecule has 0 radical (unpaired) electrons. The Labute approximate surface area is 102 Å². The maximum Gasteiger partial charge on any atom is 0.323 e. The van der Waals surface area contributed by atoms with Crippen molar-refractivity contribution < 1.29 is 9.53 Å². The van der Waals surface area contributed by atoms with Gasteiger partial charge in [-0.25, -0.2) is 0 Å². The van der Waals surface area contributed by atoms with Crippen LogP contribution in [0.1, 0.15) is 24.2 Å². The zero-order chi connectivity index (χ0) is 12.3. The van der Waals surface area contributed by atoms with E-state index in [1.807, 2.05) is 25.1 Å². The summed E-state index contributed by atoms with van der Waals surface area (Å²) in [4.78, 5) is 18.2. The van der Waals surface area contributed by atoms with Crippen LogP contribution in [0.3, 0.4) is 0 Å². The van der Waals surface area contributed by atoms with Crippen LogP contribution in [-0.4, -0.2) is 35.5 Å². The first kappa shape index (κ1) is 12.0. The minimum Gasteiger partial charge on any atom is -0.468 e. The fraction of sp³-hybridized carbons (Fsp3) is 0.538. The van der Waals surface area contributed by atoms with Gasteiger partial charge in [0.15, 0.2) is 0 Å². The minimum absolute atomic E-state index is 0.0951. The second-order valence-electron chi connectivity index (χ2n) is 4.42. The van der Waals surface area contributed by atoms with Gasteiger partial charge in [0.05, 0.1) is 12.8 Å². The molecular weight excluding hydrogens is 216 g/mol. The highest BCUT2D eigenvalue weighted by molar-refractivity contribution is 5.75. The van der Waals surface area contributed by atoms with Crippen molar-refractivity contribution >= 4 is 5.97 Å². The molecule has 4 heteroatoms. The quantitative estimate of drug-likeness (QED) is 0.744. The molecule has 0 saturated carbocycles. The normalized spacial score (nSPS) is 20.5. The van der Waals surface area contributed by atoms with E-state index in [4.69, 9.17) is 4.74 Å². The number of pyridine rings is 1. The highest BCUT2D eigenvalue weighted by atomic mass is 16.5. The molecule has 0 spiro atoms. The van der Waals surface area contributed by atoms with Crippen LogP contribution in [-0.2, 0) is 16.1 Å². The van der Waals surface area contributed by atoms with E-state index in [-0.39, 0.29) is 12.0 Å². The predicted molar refractivity (Wildman–Crippen MR) is 64.4 cm³/mol. The Morgan fingerprint density at radius 1 is 1.59 bits per heavy atom. The summed E-state index contributed by atoms with van der Waals surface area (Å²) < 4.78 is 4.82. The van der Waals surface area contributed by atoms with Crippen molar-refractivity contribution in [3.05, 3.63) is 29.6 Å². The summed E-state index contributed by atoms with van der Waals surface area (Å²) in [6.45, 7) is 3.64. The molecule has 1 fully saturated rings. The highest BCUT2D eigenvalue weighted by Gasteiger charge is 2.31. The molecule has 1 atom stereocenters. The minimum atomic E-state index is -0.129. The van der Waals surface area contributed by atoms with Crippen LogP contribution in [0.2, 0.25) is 0 Å². The lowest BCUT2D eigenvalue weighted by molar-refractivity contribution is -0.146. The van der Waals surface area contributed by atoms with Crippen LogP contribution in [0, 0.1) is 6.92 Å². The first-order valence-electron chi connectivity index (χ1n) is 5.95. The smallest absolute Gasteiger partial charge is 0.323 e. The van der Waals surface area contributed by atoms with Crippen LogP contribution in [0.15, 0.2) is 18.2 Å². The molecule has 17 heavy (non-hydrogen) atoms. The van der Waals surface area contributed by atoms with Gasteiger partial charge in [-0.05, 0) is 38.4 Å². The first-order valence-corrected chi connectivity index (χ1v) is 5.95. The fourth-order valence-corrected chi connectivity index (χ4v) is 2.31. The average Bonchev–Trinajstić information content (AvgIpc) is 2.76. The summed E-state index contributed by atoms with van der Waals surface area (Å²) >= 11 is 0. The van der Waals surface area contributed by atoms with Crippen LogP contribution >= 0.6 is 0 Å². The maximum atomic E-state index is 11.6. The van der Waals surface area contributed by atoms with Crippen molar-refractivity contribution in [2.75, 3.05) is 13.7 Å². The third kappa shape index (κ3) is 2.82. The van der Waals surface area contributed by atoms with Crippen LogP contribution in [0.25, 0.3) is 0 Å². The molecule has 0 aliphatic carbocycles. The van der Waals surface area contributed by atoms with E-state index in [9.17, 15) is 4.79 Å². The molecule has 1 aliphatic rings. The van der Waals surface area contributed by atoms with Gasteiger partial charge < -0.3 is 4.74 Å². The van der Waals surface area contributed by atoms with Crippen molar-refractivity contribution in [3.8, 4) is 0 Å². The molecule has 1 aromatic rings. The third-order valence-electron chi connectivity index (χ3n) is 3.15. The summed E-state index contributed by atoms with van der Waals surface area (Å²) in [5.74, 6) is -0.129. The number of ether oxygens (including phenoxy) is 1. The Hall–Kier alpha value is -1.42. The first-order chi connectivity index (χ1) is 8.20. The number of esters is 1. The van der Waals surface area contributed by atoms with Gasteiger partial charge in [0.1, 0.15) is 6.04 Å². The van der Waals surface area contributed by atoms with E-state index in [0.717, 1.165) is 37.3 Å². The molecule has 92 valence electrons. The molecule has 2 rings (SSSR count). The maximum absolute atomic E-state index is 11.6. The predicted octanol–water partition coefficient (Wildman–Crippen LogP) is 1.53. The Morgan fingerprint density at radius 2 is 2.41 bits per heavy atom. The number of aromatic nitrogens is 1. The lowest BCUT2D eigenvalue weighted by atomic mass is 10.2. The number of nitrogens with zero attached hydrogens (tertiary/aromatic N) is 2. The average molecular weight is 234 g/mol. The number of likely N-dealkylation sites (tertiary alicyclic amines) is 1. The van der Waals surface area contributed by atoms with Crippen molar-refractivity contribution in [1.82, 2.24) is 9.88 Å². The van der Waals surface area contributed by atoms with Crippen LogP contribution in [0.4, 0.5) is 0 Å². The van der Waals surface area contributed by atoms with Crippen molar-refractivity contribution in [1.29, 1.82) is 0 Å². The highest BCUT2D eigenvalue weighted by Crippen LogP contribution is 2.20. The van der Waals surface area contributed by atoms with Crippen molar-refractivity contribution in [3.63, 3.8) is 0 Å². The van der Waals surface area contributed by atoms with Crippen molar-refractivity contribution in [2.45, 2.75) is 32.4 Å². The Bertz CT molecular complexity index is 406. The summed E-state index contributed by atoms with van der Waals surface area (Å²) in [6.07, 6.45) is 1.93. The Balaban J connectivity index is 2.05. The molecule has 1 unspecified atom stereocenters. The number of carbonyl (C=O) groups is 1. The number of aryl methyl sites for hydroxylation is 1. The van der Waals surface area contributed by atoms with Crippen LogP contribution < -0.4 is 0 Å². The lowest BCUT2D eigenvalue weighted by Crippen LogP contribution is -2.36. The number of carbonyl (C=O) groups excluding carboxylic acids is 1. The van der Waals surface area contributed by atoms with E-state index in [0.29, 0.717) is 0 Å². The summed E-state index contributed by atoms with van der Waals surface area (Å²) in [6, 6.07) is 5.88. The zero-order valence-electron chi connectivity index (χ0n) is 10.3. The van der Waals surface area contributed by atoms with E-state index >= 15 is 0 Å². The SMILES string of the molecule is COC(=O)C1CCCN1Cc1cccc(C)n1. The van der Waals surface area contributed by atoms with Gasteiger partial charge in [-0.3, -0.25) is 14.7 Å². The summed E-state index contributed by atoms with van der Waals surface area (Å²) in [5, 5.41) is 0. The zero-order valence-corrected chi connectivity index (χ0v) is 10.3. The van der Waals surface area contributed by atoms with E-state index in [2.05, 4.69) is 9.88 Å². The molecule has 0 aromatic carbocycles. The summed E-state index contributed by atoms with van der Waals surface area (Å²) in [5.41, 5.74) is 2.03. The molecule has 1 aromatic heterocycles. The number of rotatable bonds is 3. The van der Waals surface area contributed by atoms with Crippen molar-refractivity contribution in [2.24, 2.45) is 0 Å². The number of hydrogen-bond donors (Lipinski definition) is 0. The molecule has 0 bridgehead atoms. The largest absolute Gasteiger partial charge is 0.468 e. The topological polar surface area (TPSA) is 42.4 Å². The van der Waals surface area contributed by atoms with Gasteiger partial charge in [-0.2, -0.15) is 0 Å². The molecule has 1 saturated heterocycles. The number of methoxy groups -OCH3 is 1. The van der Waals surface area contributed by atoms with Gasteiger partial charge >= 0.3 is 5.97 Å². The molecule has 0 amide bonds. The number of hydrogen-bond acceptors (Lipinski definition) is 4. The third-order valence-corrected chi connectivity index (χ3v) is 3.15. The molecule has 1 aliphatic heterocycles. The molecular formula is C13H18N2O2. The van der Waals surface area contributed by atoms with Crippen LogP contribution in [0.5, 0.6) is 0 Å². The van der Waals surface area contributed by atoms with Gasteiger partial charge in [0.2, 0.25) is 0 Å². The standard InChI is InChI=1S/C13H18N2O2/c1-10-5-3-6-11(14-10)9-15-8-4-7-12(15)13(16)17-2/h3,5-6,12H,4,7-9H2,1-2H3. The fourth-order valence-electron chi connectivity index (χ4n) is 2.31. The van der Waals surface area contributed by atoms with E-state index in [1.54, 1.807) is 0 Å². The second kappa shape index (κ2) is 5.27. The monoisotopic (exact) mass is 234 g/mol. The molecule has 4 nitrogen and oxygen atoms in total. The van der Waals surface area contributed by atoms with Gasteiger partial charge in [-0.1, -0.05) is 6.07 Å². The molecule has 2 heterocycles. The Kier molecular flexibility index (Phi) is 3.74. The Morgan fingerprint density at radius 3 is 3.12 bits per heavy atom. The second-order valence-corrected chi connectivity index (χ2v) is 4.42.